The van der Waals surface area contributed by atoms with E-state index in [4.69, 9.17) is 11.6 Å². The van der Waals surface area contributed by atoms with E-state index in [0.717, 1.165) is 41.4 Å². The Hall–Kier alpha value is 0.290. The lowest BCUT2D eigenvalue weighted by Gasteiger charge is -2.61. The molecule has 0 aromatic heterocycles. The van der Waals surface area contributed by atoms with E-state index in [1.54, 1.807) is 0 Å². The molecule has 0 bridgehead atoms. The largest absolute Gasteiger partial charge is 0.123 e. The van der Waals surface area contributed by atoms with Crippen molar-refractivity contribution in [1.82, 2.24) is 0 Å². The van der Waals surface area contributed by atoms with E-state index in [9.17, 15) is 0 Å². The summed E-state index contributed by atoms with van der Waals surface area (Å²) in [5, 5.41) is 0.464. The van der Waals surface area contributed by atoms with Crippen molar-refractivity contribution in [3.05, 3.63) is 0 Å². The van der Waals surface area contributed by atoms with Crippen LogP contribution in [0, 0.1) is 52.3 Å². The molecule has 4 aliphatic carbocycles. The quantitative estimate of drug-likeness (QED) is 0.400. The number of rotatable bonds is 5. The first-order chi connectivity index (χ1) is 13.3. The standard InChI is InChI=1S/C27H47Cl/c1-18(2)7-6-8-19(3)23-11-12-24-22-10-9-20-17-21(28)13-15-26(20,4)25(22)14-16-27(23,24)5/h18-25H,6-17H2,1-5H3/t19-,20+,21+,22+,23-,24+,25+,26+,27-/m1/s1. The molecule has 162 valence electrons. The molecule has 0 heterocycles. The minimum Gasteiger partial charge on any atom is -0.123 e. The highest BCUT2D eigenvalue weighted by Gasteiger charge is 2.60. The second kappa shape index (κ2) is 8.09. The molecule has 4 rings (SSSR count). The Labute approximate surface area is 181 Å². The van der Waals surface area contributed by atoms with Gasteiger partial charge in [-0.25, -0.2) is 0 Å². The smallest absolute Gasteiger partial charge is 0.0339 e. The van der Waals surface area contributed by atoms with E-state index in [1.807, 2.05) is 0 Å². The lowest BCUT2D eigenvalue weighted by atomic mass is 9.44. The number of alkyl halides is 1. The SMILES string of the molecule is CC(C)CCC[C@@H](C)[C@H]1CC[C@H]2[C@@H]3CC[C@H]4C[C@@H](Cl)CC[C@]4(C)[C@H]3CC[C@]12C. The van der Waals surface area contributed by atoms with Crippen molar-refractivity contribution in [2.75, 3.05) is 0 Å². The fourth-order valence-electron chi connectivity index (χ4n) is 9.23. The van der Waals surface area contributed by atoms with Crippen LogP contribution in [-0.2, 0) is 0 Å². The van der Waals surface area contributed by atoms with Crippen molar-refractivity contribution >= 4 is 11.6 Å². The zero-order chi connectivity index (χ0) is 20.1. The van der Waals surface area contributed by atoms with E-state index in [-0.39, 0.29) is 0 Å². The Morgan fingerprint density at radius 1 is 0.821 bits per heavy atom. The molecule has 0 nitrogen and oxygen atoms in total. The van der Waals surface area contributed by atoms with Crippen LogP contribution in [0.25, 0.3) is 0 Å². The summed E-state index contributed by atoms with van der Waals surface area (Å²) in [4.78, 5) is 0. The third-order valence-electron chi connectivity index (χ3n) is 10.8. The van der Waals surface area contributed by atoms with Crippen LogP contribution in [0.3, 0.4) is 0 Å². The van der Waals surface area contributed by atoms with Crippen LogP contribution in [0.15, 0.2) is 0 Å². The van der Waals surface area contributed by atoms with Crippen LogP contribution in [0.1, 0.15) is 112 Å². The van der Waals surface area contributed by atoms with Crippen LogP contribution in [0.5, 0.6) is 0 Å². The van der Waals surface area contributed by atoms with E-state index in [2.05, 4.69) is 34.6 Å². The van der Waals surface area contributed by atoms with E-state index < -0.39 is 0 Å². The first-order valence-electron chi connectivity index (χ1n) is 12.9. The second-order valence-corrected chi connectivity index (χ2v) is 13.2. The van der Waals surface area contributed by atoms with Gasteiger partial charge in [-0.05, 0) is 110 Å². The van der Waals surface area contributed by atoms with E-state index >= 15 is 0 Å². The third kappa shape index (κ3) is 3.61. The molecule has 0 aromatic rings. The Kier molecular flexibility index (Phi) is 6.22. The van der Waals surface area contributed by atoms with Gasteiger partial charge in [0.1, 0.15) is 0 Å². The van der Waals surface area contributed by atoms with E-state index in [1.165, 1.54) is 77.0 Å². The van der Waals surface area contributed by atoms with Crippen molar-refractivity contribution in [3.8, 4) is 0 Å². The normalized spacial score (nSPS) is 49.4. The number of halogens is 1. The lowest BCUT2D eigenvalue weighted by molar-refractivity contribution is -0.113. The fourth-order valence-corrected chi connectivity index (χ4v) is 9.55. The maximum Gasteiger partial charge on any atom is 0.0339 e. The Morgan fingerprint density at radius 2 is 1.54 bits per heavy atom. The first-order valence-corrected chi connectivity index (χ1v) is 13.3. The average Bonchev–Trinajstić information content (AvgIpc) is 2.99. The van der Waals surface area contributed by atoms with Crippen molar-refractivity contribution in [2.24, 2.45) is 52.3 Å². The van der Waals surface area contributed by atoms with Gasteiger partial charge in [0.2, 0.25) is 0 Å². The highest BCUT2D eigenvalue weighted by Crippen LogP contribution is 2.68. The molecule has 0 saturated heterocycles. The van der Waals surface area contributed by atoms with Crippen LogP contribution in [0.4, 0.5) is 0 Å². The number of fused-ring (bicyclic) bond motifs is 5. The van der Waals surface area contributed by atoms with Gasteiger partial charge < -0.3 is 0 Å². The molecule has 4 fully saturated rings. The Bertz CT molecular complexity index is 540. The zero-order valence-corrected chi connectivity index (χ0v) is 20.2. The van der Waals surface area contributed by atoms with Gasteiger partial charge in [-0.3, -0.25) is 0 Å². The monoisotopic (exact) mass is 406 g/mol. The van der Waals surface area contributed by atoms with Crippen LogP contribution < -0.4 is 0 Å². The molecule has 28 heavy (non-hydrogen) atoms. The molecule has 0 aromatic carbocycles. The molecule has 0 spiro atoms. The molecular weight excluding hydrogens is 360 g/mol. The molecule has 0 unspecified atom stereocenters. The van der Waals surface area contributed by atoms with Crippen molar-refractivity contribution in [1.29, 1.82) is 0 Å². The number of hydrogen-bond acceptors (Lipinski definition) is 0. The Balaban J connectivity index is 1.46. The minimum absolute atomic E-state index is 0.464. The van der Waals surface area contributed by atoms with Crippen LogP contribution >= 0.6 is 11.6 Å². The summed E-state index contributed by atoms with van der Waals surface area (Å²) in [5.74, 6) is 6.77. The van der Waals surface area contributed by atoms with Crippen molar-refractivity contribution in [2.45, 2.75) is 117 Å². The summed E-state index contributed by atoms with van der Waals surface area (Å²) < 4.78 is 0. The molecule has 4 saturated carbocycles. The summed E-state index contributed by atoms with van der Waals surface area (Å²) in [5.41, 5.74) is 1.25. The second-order valence-electron chi connectivity index (χ2n) is 12.6. The van der Waals surface area contributed by atoms with Gasteiger partial charge in [-0.2, -0.15) is 0 Å². The fraction of sp³-hybridized carbons (Fsp3) is 1.00. The maximum absolute atomic E-state index is 6.60. The molecule has 0 N–H and O–H groups in total. The van der Waals surface area contributed by atoms with Crippen molar-refractivity contribution < 1.29 is 0 Å². The predicted molar refractivity (Wildman–Crippen MR) is 123 cm³/mol. The van der Waals surface area contributed by atoms with E-state index in [0.29, 0.717) is 16.2 Å². The summed E-state index contributed by atoms with van der Waals surface area (Å²) in [6.45, 7) is 12.8. The Morgan fingerprint density at radius 3 is 2.29 bits per heavy atom. The average molecular weight is 407 g/mol. The molecule has 1 heteroatoms. The maximum atomic E-state index is 6.60. The van der Waals surface area contributed by atoms with Crippen molar-refractivity contribution in [3.63, 3.8) is 0 Å². The zero-order valence-electron chi connectivity index (χ0n) is 19.5. The predicted octanol–water partition coefficient (Wildman–Crippen LogP) is 8.72. The van der Waals surface area contributed by atoms with Gasteiger partial charge in [0.05, 0.1) is 0 Å². The van der Waals surface area contributed by atoms with Crippen LogP contribution in [-0.4, -0.2) is 5.38 Å². The topological polar surface area (TPSA) is 0 Å². The molecule has 0 aliphatic heterocycles. The van der Waals surface area contributed by atoms with Gasteiger partial charge in [-0.15, -0.1) is 11.6 Å². The molecule has 0 amide bonds. The lowest BCUT2D eigenvalue weighted by Crippen LogP contribution is -2.53. The highest BCUT2D eigenvalue weighted by atomic mass is 35.5. The van der Waals surface area contributed by atoms with Gasteiger partial charge in [-0.1, -0.05) is 53.9 Å². The van der Waals surface area contributed by atoms with Gasteiger partial charge in [0.25, 0.3) is 0 Å². The number of hydrogen-bond donors (Lipinski definition) is 0. The summed E-state index contributed by atoms with van der Waals surface area (Å²) >= 11 is 6.60. The molecular formula is C27H47Cl. The summed E-state index contributed by atoms with van der Waals surface area (Å²) in [6, 6.07) is 0. The summed E-state index contributed by atoms with van der Waals surface area (Å²) in [7, 11) is 0. The molecule has 4 aliphatic rings. The van der Waals surface area contributed by atoms with Crippen LogP contribution in [0.2, 0.25) is 0 Å². The first kappa shape index (κ1) is 21.5. The minimum atomic E-state index is 0.464. The van der Waals surface area contributed by atoms with Gasteiger partial charge >= 0.3 is 0 Å². The van der Waals surface area contributed by atoms with Gasteiger partial charge in [0.15, 0.2) is 0 Å². The summed E-state index contributed by atoms with van der Waals surface area (Å²) in [6.07, 6.45) is 17.4. The molecule has 9 atom stereocenters. The van der Waals surface area contributed by atoms with Gasteiger partial charge in [0, 0.05) is 5.38 Å². The highest BCUT2D eigenvalue weighted by molar-refractivity contribution is 6.20. The third-order valence-corrected chi connectivity index (χ3v) is 11.2. The molecule has 0 radical (unpaired) electrons.